The van der Waals surface area contributed by atoms with Gasteiger partial charge in [-0.2, -0.15) is 0 Å². The standard InChI is InChI=1S/C31H32FN7O/c1-2-27(40)38-14-11-20(12-15-38)35-28-22-8-7-21(16-19(22)17-24(28)32)39-30(23-4-3-13-34-29(23)33)37-26-10-9-25(18-5-6-18)36-31(26)39/h2-4,7-10,13,16,18,20,24,28,35H,1,5-6,11-12,14-15,17H2,(H2,33,34)/t24?,28-/m1/s1. The fourth-order valence-electron chi connectivity index (χ4n) is 6.19. The molecule has 7 rings (SSSR count). The zero-order valence-electron chi connectivity index (χ0n) is 22.3. The Hall–Kier alpha value is -4.11. The van der Waals surface area contributed by atoms with E-state index in [0.717, 1.165) is 64.9 Å². The molecule has 1 saturated carbocycles. The van der Waals surface area contributed by atoms with E-state index in [4.69, 9.17) is 15.7 Å². The molecule has 0 spiro atoms. The van der Waals surface area contributed by atoms with Crippen LogP contribution in [0.5, 0.6) is 0 Å². The first-order valence-electron chi connectivity index (χ1n) is 14.0. The topological polar surface area (TPSA) is 102 Å². The number of benzene rings is 1. The minimum absolute atomic E-state index is 0.0428. The first-order valence-corrected chi connectivity index (χ1v) is 14.0. The molecule has 2 atom stereocenters. The average Bonchev–Trinajstić information content (AvgIpc) is 3.69. The number of rotatable bonds is 6. The number of aromatic nitrogens is 4. The maximum Gasteiger partial charge on any atom is 0.245 e. The molecule has 0 radical (unpaired) electrons. The molecule has 1 unspecified atom stereocenters. The van der Waals surface area contributed by atoms with Gasteiger partial charge in [-0.15, -0.1) is 0 Å². The second-order valence-corrected chi connectivity index (χ2v) is 11.1. The second-order valence-electron chi connectivity index (χ2n) is 11.1. The van der Waals surface area contributed by atoms with E-state index < -0.39 is 6.17 Å². The Morgan fingerprint density at radius 3 is 2.67 bits per heavy atom. The second kappa shape index (κ2) is 9.82. The number of hydrogen-bond acceptors (Lipinski definition) is 6. The van der Waals surface area contributed by atoms with E-state index in [0.29, 0.717) is 37.1 Å². The molecule has 2 aliphatic carbocycles. The van der Waals surface area contributed by atoms with Gasteiger partial charge in [-0.05, 0) is 79.3 Å². The summed E-state index contributed by atoms with van der Waals surface area (Å²) < 4.78 is 17.5. The van der Waals surface area contributed by atoms with Crippen LogP contribution in [0.2, 0.25) is 0 Å². The Balaban J connectivity index is 1.23. The molecule has 3 N–H and O–H groups in total. The highest BCUT2D eigenvalue weighted by Crippen LogP contribution is 2.41. The van der Waals surface area contributed by atoms with E-state index >= 15 is 4.39 Å². The van der Waals surface area contributed by atoms with Crippen molar-refractivity contribution in [2.75, 3.05) is 18.8 Å². The summed E-state index contributed by atoms with van der Waals surface area (Å²) in [5.74, 6) is 1.53. The number of nitrogens with zero attached hydrogens (tertiary/aromatic N) is 5. The van der Waals surface area contributed by atoms with Gasteiger partial charge < -0.3 is 16.0 Å². The summed E-state index contributed by atoms with van der Waals surface area (Å²) in [5, 5.41) is 3.56. The van der Waals surface area contributed by atoms with Crippen LogP contribution < -0.4 is 11.1 Å². The van der Waals surface area contributed by atoms with Crippen LogP contribution in [0, 0.1) is 0 Å². The molecule has 3 aromatic heterocycles. The van der Waals surface area contributed by atoms with E-state index in [2.05, 4.69) is 29.0 Å². The molecule has 2 fully saturated rings. The molecular weight excluding hydrogens is 505 g/mol. The Morgan fingerprint density at radius 2 is 1.93 bits per heavy atom. The number of alkyl halides is 1. The molecule has 4 heterocycles. The minimum atomic E-state index is -1.02. The van der Waals surface area contributed by atoms with E-state index in [9.17, 15) is 4.79 Å². The molecule has 1 aromatic carbocycles. The molecule has 1 amide bonds. The Labute approximate surface area is 232 Å². The predicted molar refractivity (Wildman–Crippen MR) is 153 cm³/mol. The SMILES string of the molecule is C=CC(=O)N1CCC(N[C@@H]2c3ccc(-n4c(-c5cccnc5N)nc5ccc(C6CC6)nc54)cc3CC2F)CC1. The van der Waals surface area contributed by atoms with Gasteiger partial charge in [0.1, 0.15) is 17.5 Å². The highest BCUT2D eigenvalue weighted by Gasteiger charge is 2.35. The van der Waals surface area contributed by atoms with Gasteiger partial charge in [0.15, 0.2) is 11.5 Å². The number of anilines is 1. The Bertz CT molecular complexity index is 1620. The maximum atomic E-state index is 15.5. The molecule has 9 heteroatoms. The molecule has 4 aromatic rings. The van der Waals surface area contributed by atoms with Crippen molar-refractivity contribution in [2.24, 2.45) is 0 Å². The summed E-state index contributed by atoms with van der Waals surface area (Å²) in [7, 11) is 0. The first-order chi connectivity index (χ1) is 19.5. The van der Waals surface area contributed by atoms with Crippen LogP contribution in [0.15, 0.2) is 61.3 Å². The summed E-state index contributed by atoms with van der Waals surface area (Å²) >= 11 is 0. The number of halogens is 1. The highest BCUT2D eigenvalue weighted by molar-refractivity contribution is 5.87. The summed E-state index contributed by atoms with van der Waals surface area (Å²) in [6.45, 7) is 4.89. The van der Waals surface area contributed by atoms with Crippen LogP contribution in [0.1, 0.15) is 54.5 Å². The van der Waals surface area contributed by atoms with Gasteiger partial charge in [-0.3, -0.25) is 9.36 Å². The molecule has 1 aliphatic heterocycles. The lowest BCUT2D eigenvalue weighted by molar-refractivity contribution is -0.127. The van der Waals surface area contributed by atoms with E-state index in [1.165, 1.54) is 6.08 Å². The van der Waals surface area contributed by atoms with Crippen molar-refractivity contribution in [1.82, 2.24) is 29.7 Å². The summed E-state index contributed by atoms with van der Waals surface area (Å²) in [5.41, 5.74) is 12.5. The molecule has 40 heavy (non-hydrogen) atoms. The van der Waals surface area contributed by atoms with Crippen molar-refractivity contribution in [3.63, 3.8) is 0 Å². The third-order valence-corrected chi connectivity index (χ3v) is 8.49. The Kier molecular flexibility index (Phi) is 6.11. The van der Waals surface area contributed by atoms with Crippen molar-refractivity contribution in [2.45, 2.75) is 56.3 Å². The predicted octanol–water partition coefficient (Wildman–Crippen LogP) is 4.64. The highest BCUT2D eigenvalue weighted by atomic mass is 19.1. The van der Waals surface area contributed by atoms with Gasteiger partial charge in [0.2, 0.25) is 5.91 Å². The number of piperidine rings is 1. The third-order valence-electron chi connectivity index (χ3n) is 8.49. The minimum Gasteiger partial charge on any atom is -0.383 e. The van der Waals surface area contributed by atoms with Crippen molar-refractivity contribution in [1.29, 1.82) is 0 Å². The molecule has 0 bridgehead atoms. The number of fused-ring (bicyclic) bond motifs is 2. The number of carbonyl (C=O) groups excluding carboxylic acids is 1. The fraction of sp³-hybridized carbons (Fsp3) is 0.355. The van der Waals surface area contributed by atoms with Gasteiger partial charge in [0, 0.05) is 49.0 Å². The monoisotopic (exact) mass is 537 g/mol. The number of amides is 1. The lowest BCUT2D eigenvalue weighted by atomic mass is 10.0. The third kappa shape index (κ3) is 4.34. The van der Waals surface area contributed by atoms with Crippen LogP contribution in [0.25, 0.3) is 28.2 Å². The average molecular weight is 538 g/mol. The lowest BCUT2D eigenvalue weighted by Gasteiger charge is -2.34. The lowest BCUT2D eigenvalue weighted by Crippen LogP contribution is -2.46. The fourth-order valence-corrected chi connectivity index (χ4v) is 6.19. The van der Waals surface area contributed by atoms with Gasteiger partial charge in [0.25, 0.3) is 0 Å². The van der Waals surface area contributed by atoms with Gasteiger partial charge in [-0.25, -0.2) is 19.3 Å². The number of pyridine rings is 2. The molecule has 8 nitrogen and oxygen atoms in total. The van der Waals surface area contributed by atoms with E-state index in [-0.39, 0.29) is 18.0 Å². The van der Waals surface area contributed by atoms with Gasteiger partial charge in [-0.1, -0.05) is 12.6 Å². The summed E-state index contributed by atoms with van der Waals surface area (Å²) in [4.78, 5) is 28.0. The van der Waals surface area contributed by atoms with Crippen molar-refractivity contribution >= 4 is 22.9 Å². The number of nitrogens with two attached hydrogens (primary N) is 1. The van der Waals surface area contributed by atoms with Gasteiger partial charge >= 0.3 is 0 Å². The number of nitrogens with one attached hydrogen (secondary N) is 1. The number of carbonyl (C=O) groups is 1. The zero-order chi connectivity index (χ0) is 27.4. The number of hydrogen-bond donors (Lipinski definition) is 2. The normalized spacial score (nSPS) is 21.1. The number of nitrogen functional groups attached to an aromatic ring is 1. The molecular formula is C31H32FN7O. The summed E-state index contributed by atoms with van der Waals surface area (Å²) in [6, 6.07) is 13.8. The molecule has 204 valence electrons. The maximum absolute atomic E-state index is 15.5. The van der Waals surface area contributed by atoms with Crippen LogP contribution >= 0.6 is 0 Å². The van der Waals surface area contributed by atoms with Crippen LogP contribution in [-0.4, -0.2) is 55.6 Å². The number of imidazole rings is 1. The summed E-state index contributed by atoms with van der Waals surface area (Å²) in [6.07, 6.45) is 6.24. The van der Waals surface area contributed by atoms with Crippen LogP contribution in [0.4, 0.5) is 10.2 Å². The van der Waals surface area contributed by atoms with Crippen molar-refractivity contribution in [3.8, 4) is 17.1 Å². The van der Waals surface area contributed by atoms with Crippen LogP contribution in [0.3, 0.4) is 0 Å². The smallest absolute Gasteiger partial charge is 0.245 e. The van der Waals surface area contributed by atoms with E-state index in [1.54, 1.807) is 11.1 Å². The molecule has 3 aliphatic rings. The van der Waals surface area contributed by atoms with Gasteiger partial charge in [0.05, 0.1) is 11.6 Å². The Morgan fingerprint density at radius 1 is 1.10 bits per heavy atom. The van der Waals surface area contributed by atoms with Crippen LogP contribution in [-0.2, 0) is 11.2 Å². The number of likely N-dealkylation sites (tertiary alicyclic amines) is 1. The van der Waals surface area contributed by atoms with Crippen molar-refractivity contribution in [3.05, 3.63) is 78.1 Å². The zero-order valence-corrected chi connectivity index (χ0v) is 22.3. The molecule has 1 saturated heterocycles. The first kappa shape index (κ1) is 24.9. The quantitative estimate of drug-likeness (QED) is 0.348. The largest absolute Gasteiger partial charge is 0.383 e. The van der Waals surface area contributed by atoms with E-state index in [1.807, 2.05) is 34.9 Å². The van der Waals surface area contributed by atoms with Crippen molar-refractivity contribution < 1.29 is 9.18 Å².